The molecular weight excluding hydrogens is 402 g/mol. The van der Waals surface area contributed by atoms with Crippen LogP contribution in [0.4, 0.5) is 0 Å². The van der Waals surface area contributed by atoms with Gasteiger partial charge in [-0.05, 0) is 25.8 Å². The van der Waals surface area contributed by atoms with E-state index in [0.29, 0.717) is 26.1 Å². The van der Waals surface area contributed by atoms with Crippen LogP contribution in [0.15, 0.2) is 0 Å². The maximum absolute atomic E-state index is 11.9. The van der Waals surface area contributed by atoms with Crippen LogP contribution in [0.3, 0.4) is 0 Å². The highest BCUT2D eigenvalue weighted by Crippen LogP contribution is 2.12. The van der Waals surface area contributed by atoms with Gasteiger partial charge >= 0.3 is 11.9 Å². The number of esters is 2. The van der Waals surface area contributed by atoms with Gasteiger partial charge in [-0.1, -0.05) is 96.8 Å². The molecular formula is C27H51NO4. The van der Waals surface area contributed by atoms with E-state index in [9.17, 15) is 9.59 Å². The van der Waals surface area contributed by atoms with E-state index < -0.39 is 0 Å². The van der Waals surface area contributed by atoms with Crippen molar-refractivity contribution in [1.82, 2.24) is 4.90 Å². The summed E-state index contributed by atoms with van der Waals surface area (Å²) in [5.41, 5.74) is 0. The maximum Gasteiger partial charge on any atom is 0.305 e. The first-order valence-corrected chi connectivity index (χ1v) is 13.8. The third-order valence-corrected chi connectivity index (χ3v) is 6.43. The first-order valence-electron chi connectivity index (χ1n) is 13.8. The van der Waals surface area contributed by atoms with Crippen molar-refractivity contribution in [3.05, 3.63) is 0 Å². The van der Waals surface area contributed by atoms with Crippen LogP contribution in [0.25, 0.3) is 0 Å². The minimum atomic E-state index is -0.0737. The monoisotopic (exact) mass is 453 g/mol. The molecule has 0 bridgehead atoms. The predicted molar refractivity (Wildman–Crippen MR) is 132 cm³/mol. The van der Waals surface area contributed by atoms with Crippen molar-refractivity contribution in [2.75, 3.05) is 32.8 Å². The lowest BCUT2D eigenvalue weighted by Gasteiger charge is -2.22. The molecule has 1 fully saturated rings. The smallest absolute Gasteiger partial charge is 0.305 e. The Morgan fingerprint density at radius 1 is 0.594 bits per heavy atom. The van der Waals surface area contributed by atoms with E-state index in [4.69, 9.17) is 9.47 Å². The number of carbonyl (C=O) groups excluding carboxylic acids is 2. The van der Waals surface area contributed by atoms with Gasteiger partial charge in [0.15, 0.2) is 0 Å². The van der Waals surface area contributed by atoms with Crippen LogP contribution < -0.4 is 0 Å². The molecule has 32 heavy (non-hydrogen) atoms. The zero-order valence-corrected chi connectivity index (χ0v) is 21.1. The summed E-state index contributed by atoms with van der Waals surface area (Å²) in [6.07, 6.45) is 21.9. The molecule has 0 unspecified atom stereocenters. The quantitative estimate of drug-likeness (QED) is 0.240. The molecule has 0 aromatic heterocycles. The number of ether oxygens (including phenoxy) is 2. The van der Waals surface area contributed by atoms with Crippen LogP contribution in [-0.4, -0.2) is 49.7 Å². The van der Waals surface area contributed by atoms with E-state index in [-0.39, 0.29) is 11.9 Å². The van der Waals surface area contributed by atoms with E-state index in [1.807, 2.05) is 0 Å². The highest BCUT2D eigenvalue weighted by Gasteiger charge is 2.10. The van der Waals surface area contributed by atoms with Crippen LogP contribution in [0.5, 0.6) is 0 Å². The number of cyclic esters (lactones) is 2. The van der Waals surface area contributed by atoms with Gasteiger partial charge in [-0.3, -0.25) is 14.5 Å². The van der Waals surface area contributed by atoms with Gasteiger partial charge in [0.25, 0.3) is 0 Å². The molecule has 0 atom stereocenters. The summed E-state index contributed by atoms with van der Waals surface area (Å²) in [5.74, 6) is -0.147. The van der Waals surface area contributed by atoms with E-state index >= 15 is 0 Å². The van der Waals surface area contributed by atoms with Gasteiger partial charge in [0.2, 0.25) is 0 Å². The molecule has 0 aliphatic carbocycles. The summed E-state index contributed by atoms with van der Waals surface area (Å²) >= 11 is 0. The minimum Gasteiger partial charge on any atom is -0.464 e. The van der Waals surface area contributed by atoms with Crippen LogP contribution in [-0.2, 0) is 19.1 Å². The molecule has 0 spiro atoms. The largest absolute Gasteiger partial charge is 0.464 e. The molecule has 1 heterocycles. The van der Waals surface area contributed by atoms with Gasteiger partial charge in [-0.2, -0.15) is 0 Å². The van der Waals surface area contributed by atoms with Crippen molar-refractivity contribution in [2.24, 2.45) is 0 Å². The highest BCUT2D eigenvalue weighted by atomic mass is 16.5. The molecule has 188 valence electrons. The Kier molecular flexibility index (Phi) is 19.6. The van der Waals surface area contributed by atoms with Gasteiger partial charge in [-0.15, -0.1) is 0 Å². The SMILES string of the molecule is CCCCCCCCCCCCCN1CCOC(=O)CCCCCCCCC(=O)OCC1. The summed E-state index contributed by atoms with van der Waals surface area (Å²) in [6.45, 7) is 5.56. The predicted octanol–water partition coefficient (Wildman–Crippen LogP) is 6.82. The fourth-order valence-electron chi connectivity index (χ4n) is 4.30. The van der Waals surface area contributed by atoms with Crippen LogP contribution in [0.1, 0.15) is 129 Å². The first kappa shape index (κ1) is 28.9. The Balaban J connectivity index is 2.21. The fourth-order valence-corrected chi connectivity index (χ4v) is 4.30. The van der Waals surface area contributed by atoms with Gasteiger partial charge < -0.3 is 9.47 Å². The summed E-state index contributed by atoms with van der Waals surface area (Å²) in [7, 11) is 0. The number of rotatable bonds is 12. The van der Waals surface area contributed by atoms with Crippen LogP contribution in [0.2, 0.25) is 0 Å². The molecule has 1 aliphatic heterocycles. The summed E-state index contributed by atoms with van der Waals surface area (Å²) < 4.78 is 10.9. The maximum atomic E-state index is 11.9. The lowest BCUT2D eigenvalue weighted by Crippen LogP contribution is -2.33. The van der Waals surface area contributed by atoms with Crippen molar-refractivity contribution in [3.63, 3.8) is 0 Å². The third-order valence-electron chi connectivity index (χ3n) is 6.43. The van der Waals surface area contributed by atoms with Crippen molar-refractivity contribution >= 4 is 11.9 Å². The molecule has 0 N–H and O–H groups in total. The summed E-state index contributed by atoms with van der Waals surface area (Å²) in [6, 6.07) is 0. The lowest BCUT2D eigenvalue weighted by atomic mass is 10.1. The molecule has 0 aromatic carbocycles. The van der Waals surface area contributed by atoms with E-state index in [2.05, 4.69) is 11.8 Å². The number of nitrogens with zero attached hydrogens (tertiary/aromatic N) is 1. The van der Waals surface area contributed by atoms with Crippen LogP contribution >= 0.6 is 0 Å². The Morgan fingerprint density at radius 2 is 1.00 bits per heavy atom. The Labute approximate surface area is 198 Å². The average molecular weight is 454 g/mol. The molecule has 1 aliphatic rings. The number of unbranched alkanes of at least 4 members (excludes halogenated alkanes) is 10. The highest BCUT2D eigenvalue weighted by molar-refractivity contribution is 5.69. The topological polar surface area (TPSA) is 55.8 Å². The number of hydrogen-bond donors (Lipinski definition) is 0. The second-order valence-corrected chi connectivity index (χ2v) is 9.44. The lowest BCUT2D eigenvalue weighted by molar-refractivity contribution is -0.144. The first-order chi connectivity index (χ1) is 15.7. The second kappa shape index (κ2) is 21.7. The van der Waals surface area contributed by atoms with Gasteiger partial charge in [0, 0.05) is 25.9 Å². The average Bonchev–Trinajstić information content (AvgIpc) is 2.78. The van der Waals surface area contributed by atoms with Gasteiger partial charge in [-0.25, -0.2) is 0 Å². The normalized spacial score (nSPS) is 18.7. The summed E-state index contributed by atoms with van der Waals surface area (Å²) in [5, 5.41) is 0. The van der Waals surface area contributed by atoms with Gasteiger partial charge in [0.05, 0.1) is 0 Å². The van der Waals surface area contributed by atoms with Crippen molar-refractivity contribution in [2.45, 2.75) is 129 Å². The second-order valence-electron chi connectivity index (χ2n) is 9.44. The number of hydrogen-bond acceptors (Lipinski definition) is 5. The Hall–Kier alpha value is -1.10. The zero-order valence-electron chi connectivity index (χ0n) is 21.1. The van der Waals surface area contributed by atoms with Crippen molar-refractivity contribution in [1.29, 1.82) is 0 Å². The minimum absolute atomic E-state index is 0.0737. The molecule has 5 heteroatoms. The van der Waals surface area contributed by atoms with E-state index in [1.165, 1.54) is 64.2 Å². The zero-order chi connectivity index (χ0) is 23.1. The molecule has 1 saturated heterocycles. The molecule has 0 radical (unpaired) electrons. The van der Waals surface area contributed by atoms with Crippen molar-refractivity contribution in [3.8, 4) is 0 Å². The summed E-state index contributed by atoms with van der Waals surface area (Å²) in [4.78, 5) is 26.1. The van der Waals surface area contributed by atoms with Gasteiger partial charge in [0.1, 0.15) is 13.2 Å². The van der Waals surface area contributed by atoms with Crippen molar-refractivity contribution < 1.29 is 19.1 Å². The Morgan fingerprint density at radius 3 is 1.47 bits per heavy atom. The molecule has 1 rings (SSSR count). The number of carbonyl (C=O) groups is 2. The molecule has 0 amide bonds. The fraction of sp³-hybridized carbons (Fsp3) is 0.926. The Bertz CT molecular complexity index is 427. The van der Waals surface area contributed by atoms with Crippen LogP contribution in [0, 0.1) is 0 Å². The third kappa shape index (κ3) is 18.5. The molecule has 5 nitrogen and oxygen atoms in total. The standard InChI is InChI=1S/C27H51NO4/c1-2-3-4-5-6-7-8-9-12-15-18-21-28-22-24-31-26(29)19-16-13-10-11-14-17-20-27(30)32-25-23-28/h2-25H2,1H3. The van der Waals surface area contributed by atoms with E-state index in [1.54, 1.807) is 0 Å². The van der Waals surface area contributed by atoms with E-state index in [0.717, 1.165) is 64.6 Å². The molecule has 0 aromatic rings. The molecule has 0 saturated carbocycles.